The monoisotopic (exact) mass is 383 g/mol. The number of amides is 1. The molecular formula is C21H18ClNO4. The number of hydrogen-bond donors (Lipinski definition) is 2. The summed E-state index contributed by atoms with van der Waals surface area (Å²) in [4.78, 5) is 12.1. The van der Waals surface area contributed by atoms with Crippen molar-refractivity contribution in [2.24, 2.45) is 0 Å². The number of rotatable bonds is 6. The number of anilines is 1. The molecule has 0 atom stereocenters. The van der Waals surface area contributed by atoms with Crippen LogP contribution in [0.3, 0.4) is 0 Å². The fourth-order valence-corrected chi connectivity index (χ4v) is 2.74. The lowest BCUT2D eigenvalue weighted by Gasteiger charge is -2.06. The van der Waals surface area contributed by atoms with Gasteiger partial charge < -0.3 is 19.6 Å². The Labute approximate surface area is 161 Å². The van der Waals surface area contributed by atoms with Crippen molar-refractivity contribution in [1.29, 1.82) is 0 Å². The van der Waals surface area contributed by atoms with E-state index in [1.807, 2.05) is 24.3 Å². The molecule has 2 N–H and O–H groups in total. The maximum Gasteiger partial charge on any atom is 0.248 e. The Morgan fingerprint density at radius 3 is 2.59 bits per heavy atom. The molecule has 0 saturated heterocycles. The van der Waals surface area contributed by atoms with Crippen molar-refractivity contribution in [1.82, 2.24) is 0 Å². The molecule has 0 radical (unpaired) electrons. The molecule has 0 fully saturated rings. The number of carbonyl (C=O) groups excluding carboxylic acids is 1. The zero-order valence-electron chi connectivity index (χ0n) is 14.6. The van der Waals surface area contributed by atoms with Gasteiger partial charge in [0, 0.05) is 17.3 Å². The maximum absolute atomic E-state index is 12.1. The van der Waals surface area contributed by atoms with Crippen LogP contribution in [-0.4, -0.2) is 18.1 Å². The van der Waals surface area contributed by atoms with Crippen molar-refractivity contribution in [3.05, 3.63) is 77.0 Å². The Morgan fingerprint density at radius 1 is 1.19 bits per heavy atom. The van der Waals surface area contributed by atoms with Gasteiger partial charge in [0.25, 0.3) is 0 Å². The summed E-state index contributed by atoms with van der Waals surface area (Å²) in [5.74, 6) is 1.51. The van der Waals surface area contributed by atoms with Gasteiger partial charge in [-0.05, 0) is 54.1 Å². The highest BCUT2D eigenvalue weighted by Gasteiger charge is 2.10. The second kappa shape index (κ2) is 8.58. The van der Waals surface area contributed by atoms with E-state index in [0.29, 0.717) is 27.8 Å². The number of aliphatic hydroxyl groups is 1. The van der Waals surface area contributed by atoms with E-state index in [9.17, 15) is 4.79 Å². The van der Waals surface area contributed by atoms with E-state index in [1.165, 1.54) is 6.08 Å². The molecular weight excluding hydrogens is 366 g/mol. The van der Waals surface area contributed by atoms with Crippen LogP contribution in [0.2, 0.25) is 5.02 Å². The number of methoxy groups -OCH3 is 1. The molecule has 0 aliphatic carbocycles. The third-order valence-corrected chi connectivity index (χ3v) is 4.18. The number of carbonyl (C=O) groups is 1. The molecule has 2 aromatic carbocycles. The Hall–Kier alpha value is -3.02. The second-order valence-electron chi connectivity index (χ2n) is 5.71. The van der Waals surface area contributed by atoms with Gasteiger partial charge in [-0.15, -0.1) is 0 Å². The minimum Gasteiger partial charge on any atom is -0.497 e. The van der Waals surface area contributed by atoms with E-state index in [1.54, 1.807) is 43.5 Å². The molecule has 1 amide bonds. The molecule has 5 nitrogen and oxygen atoms in total. The summed E-state index contributed by atoms with van der Waals surface area (Å²) in [6.45, 7) is -0.174. The van der Waals surface area contributed by atoms with Gasteiger partial charge in [-0.25, -0.2) is 0 Å². The topological polar surface area (TPSA) is 71.7 Å². The quantitative estimate of drug-likeness (QED) is 0.602. The van der Waals surface area contributed by atoms with E-state index in [4.69, 9.17) is 25.9 Å². The third-order valence-electron chi connectivity index (χ3n) is 3.86. The normalized spacial score (nSPS) is 10.9. The van der Waals surface area contributed by atoms with Crippen molar-refractivity contribution in [3.8, 4) is 17.1 Å². The van der Waals surface area contributed by atoms with Gasteiger partial charge in [-0.1, -0.05) is 23.7 Å². The summed E-state index contributed by atoms with van der Waals surface area (Å²) in [7, 11) is 1.60. The number of ether oxygens (including phenoxy) is 1. The summed E-state index contributed by atoms with van der Waals surface area (Å²) >= 11 is 6.30. The number of aliphatic hydroxyl groups excluding tert-OH is 1. The molecule has 0 aliphatic rings. The van der Waals surface area contributed by atoms with Crippen molar-refractivity contribution < 1.29 is 19.1 Å². The van der Waals surface area contributed by atoms with Gasteiger partial charge in [-0.3, -0.25) is 4.79 Å². The van der Waals surface area contributed by atoms with Gasteiger partial charge in [0.15, 0.2) is 0 Å². The lowest BCUT2D eigenvalue weighted by Crippen LogP contribution is -2.07. The minimum absolute atomic E-state index is 0.174. The number of halogens is 1. The smallest absolute Gasteiger partial charge is 0.248 e. The van der Waals surface area contributed by atoms with Gasteiger partial charge in [0.2, 0.25) is 5.91 Å². The Balaban J connectivity index is 1.67. The van der Waals surface area contributed by atoms with Crippen LogP contribution in [0.25, 0.3) is 17.4 Å². The van der Waals surface area contributed by atoms with Crippen LogP contribution >= 0.6 is 11.6 Å². The van der Waals surface area contributed by atoms with Crippen LogP contribution < -0.4 is 10.1 Å². The van der Waals surface area contributed by atoms with E-state index >= 15 is 0 Å². The average molecular weight is 384 g/mol. The third kappa shape index (κ3) is 4.78. The molecule has 6 heteroatoms. The summed E-state index contributed by atoms with van der Waals surface area (Å²) in [6.07, 6.45) is 3.16. The van der Waals surface area contributed by atoms with Crippen molar-refractivity contribution in [2.75, 3.05) is 12.4 Å². The van der Waals surface area contributed by atoms with E-state index < -0.39 is 0 Å². The van der Waals surface area contributed by atoms with Gasteiger partial charge >= 0.3 is 0 Å². The Bertz CT molecular complexity index is 961. The lowest BCUT2D eigenvalue weighted by molar-refractivity contribution is -0.111. The molecule has 3 rings (SSSR count). The predicted octanol–water partition coefficient (Wildman–Crippen LogP) is 4.75. The standard InChI is InChI=1S/C21H18ClNO4/c1-26-16-6-2-14(3-7-16)4-11-21(25)23-15-5-9-18(19(22)12-15)20-10-8-17(13-24)27-20/h2-12,24H,13H2,1H3,(H,23,25)/b11-4+. The lowest BCUT2D eigenvalue weighted by atomic mass is 10.1. The van der Waals surface area contributed by atoms with Crippen LogP contribution in [0.15, 0.2) is 65.1 Å². The van der Waals surface area contributed by atoms with Crippen LogP contribution in [0, 0.1) is 0 Å². The molecule has 0 bridgehead atoms. The van der Waals surface area contributed by atoms with E-state index in [-0.39, 0.29) is 12.5 Å². The fraction of sp³-hybridized carbons (Fsp3) is 0.0952. The number of hydrogen-bond acceptors (Lipinski definition) is 4. The summed E-state index contributed by atoms with van der Waals surface area (Å²) in [5.41, 5.74) is 2.14. The first-order valence-electron chi connectivity index (χ1n) is 8.21. The van der Waals surface area contributed by atoms with Gasteiger partial charge in [0.05, 0.1) is 12.1 Å². The predicted molar refractivity (Wildman–Crippen MR) is 106 cm³/mol. The second-order valence-corrected chi connectivity index (χ2v) is 6.12. The van der Waals surface area contributed by atoms with Gasteiger partial charge in [-0.2, -0.15) is 0 Å². The molecule has 0 unspecified atom stereocenters. The molecule has 138 valence electrons. The highest BCUT2D eigenvalue weighted by Crippen LogP contribution is 2.31. The molecule has 0 saturated carbocycles. The molecule has 27 heavy (non-hydrogen) atoms. The summed E-state index contributed by atoms with van der Waals surface area (Å²) in [6, 6.07) is 15.9. The van der Waals surface area contributed by atoms with E-state index in [2.05, 4.69) is 5.32 Å². The Morgan fingerprint density at radius 2 is 1.96 bits per heavy atom. The van der Waals surface area contributed by atoms with Crippen molar-refractivity contribution >= 4 is 29.3 Å². The zero-order valence-corrected chi connectivity index (χ0v) is 15.4. The zero-order chi connectivity index (χ0) is 19.2. The molecule has 1 aromatic heterocycles. The largest absolute Gasteiger partial charge is 0.497 e. The maximum atomic E-state index is 12.1. The first kappa shape index (κ1) is 18.8. The van der Waals surface area contributed by atoms with E-state index in [0.717, 1.165) is 11.3 Å². The van der Waals surface area contributed by atoms with Gasteiger partial charge in [0.1, 0.15) is 23.9 Å². The molecule has 0 aliphatic heterocycles. The fourth-order valence-electron chi connectivity index (χ4n) is 2.47. The van der Waals surface area contributed by atoms with Crippen LogP contribution in [-0.2, 0) is 11.4 Å². The van der Waals surface area contributed by atoms with Crippen LogP contribution in [0.1, 0.15) is 11.3 Å². The molecule has 0 spiro atoms. The van der Waals surface area contributed by atoms with Crippen LogP contribution in [0.5, 0.6) is 5.75 Å². The molecule has 3 aromatic rings. The number of nitrogens with one attached hydrogen (secondary N) is 1. The minimum atomic E-state index is -0.268. The highest BCUT2D eigenvalue weighted by atomic mass is 35.5. The number of furan rings is 1. The SMILES string of the molecule is COc1ccc(/C=C/C(=O)Nc2ccc(-c3ccc(CO)o3)c(Cl)c2)cc1. The molecule has 1 heterocycles. The summed E-state index contributed by atoms with van der Waals surface area (Å²) < 4.78 is 10.6. The van der Waals surface area contributed by atoms with Crippen molar-refractivity contribution in [2.45, 2.75) is 6.61 Å². The summed E-state index contributed by atoms with van der Waals surface area (Å²) in [5, 5.41) is 12.3. The van der Waals surface area contributed by atoms with Crippen LogP contribution in [0.4, 0.5) is 5.69 Å². The average Bonchev–Trinajstić information content (AvgIpc) is 3.16. The highest BCUT2D eigenvalue weighted by molar-refractivity contribution is 6.33. The Kier molecular flexibility index (Phi) is 5.96. The first-order valence-corrected chi connectivity index (χ1v) is 8.59. The van der Waals surface area contributed by atoms with Crippen molar-refractivity contribution in [3.63, 3.8) is 0 Å². The number of benzene rings is 2. The first-order chi connectivity index (χ1) is 13.1.